The van der Waals surface area contributed by atoms with Crippen LogP contribution in [-0.4, -0.2) is 57.8 Å². The summed E-state index contributed by atoms with van der Waals surface area (Å²) >= 11 is 0. The minimum absolute atomic E-state index is 0. The highest BCUT2D eigenvalue weighted by Gasteiger charge is 2.63. The van der Waals surface area contributed by atoms with Crippen LogP contribution in [0.3, 0.4) is 0 Å². The van der Waals surface area contributed by atoms with Gasteiger partial charge in [-0.25, -0.2) is 0 Å². The van der Waals surface area contributed by atoms with Gasteiger partial charge in [0, 0.05) is 55.4 Å². The molecule has 5 aliphatic carbocycles. The number of fused-ring (bicyclic) bond motifs is 7. The fourth-order valence-electron chi connectivity index (χ4n) is 11.4. The van der Waals surface area contributed by atoms with E-state index in [2.05, 4.69) is 69.6 Å². The van der Waals surface area contributed by atoms with Crippen LogP contribution < -0.4 is 5.32 Å². The van der Waals surface area contributed by atoms with Crippen LogP contribution in [0.25, 0.3) is 0 Å². The Morgan fingerprint density at radius 1 is 1.08 bits per heavy atom. The molecule has 1 heterocycles. The van der Waals surface area contributed by atoms with Gasteiger partial charge in [0.05, 0.1) is 0 Å². The first-order valence-electron chi connectivity index (χ1n) is 15.9. The Labute approximate surface area is 242 Å². The number of allylic oxidation sites excluding steroid dienone is 4. The quantitative estimate of drug-likeness (QED) is 0.411. The molecule has 0 aromatic rings. The molecule has 4 nitrogen and oxygen atoms in total. The first kappa shape index (κ1) is 29.7. The van der Waals surface area contributed by atoms with E-state index in [0.29, 0.717) is 34.0 Å². The Morgan fingerprint density at radius 3 is 2.54 bits per heavy atom. The van der Waals surface area contributed by atoms with Gasteiger partial charge in [-0.05, 0) is 104 Å². The molecule has 1 saturated heterocycles. The topological polar surface area (TPSA) is 63.8 Å². The van der Waals surface area contributed by atoms with E-state index in [-0.39, 0.29) is 12.4 Å². The molecule has 6 rings (SSSR count). The summed E-state index contributed by atoms with van der Waals surface area (Å²) in [5.74, 6) is 5.37. The molecule has 222 valence electrons. The molecule has 3 saturated carbocycles. The van der Waals surface area contributed by atoms with Gasteiger partial charge in [-0.1, -0.05) is 63.6 Å². The molecule has 5 heteroatoms. The Kier molecular flexibility index (Phi) is 8.01. The van der Waals surface area contributed by atoms with E-state index in [1.54, 1.807) is 0 Å². The Hall–Kier alpha value is -0.750. The standard InChI is InChI=1S/C34H54N2OS.H2O.H2/c1-24(2)25-10-16-34(35-18-19-36-20-22-38(37)23-21-36)17-11-27-26(30(25)34)8-9-29-32(27,5)15-12-28-31(3,4)13-7-14-33(28,29)6;;/h7,11,13,25-26,28-30,35H,1,8-10,12,14-23H2,2-6H3;1H2;1H/t25-,26-,28-,29-,30+,32-,33-,34-;;/m0../s1. The lowest BCUT2D eigenvalue weighted by atomic mass is 9.39. The van der Waals surface area contributed by atoms with Crippen LogP contribution in [0.15, 0.2) is 36.0 Å². The van der Waals surface area contributed by atoms with Crippen molar-refractivity contribution in [3.8, 4) is 0 Å². The number of rotatable bonds is 5. The second-order valence-electron chi connectivity index (χ2n) is 15.3. The lowest BCUT2D eigenvalue weighted by molar-refractivity contribution is -0.105. The molecule has 39 heavy (non-hydrogen) atoms. The summed E-state index contributed by atoms with van der Waals surface area (Å²) in [6, 6.07) is 0. The van der Waals surface area contributed by atoms with Crippen LogP contribution in [0.1, 0.15) is 87.4 Å². The molecule has 3 N–H and O–H groups in total. The van der Waals surface area contributed by atoms with E-state index in [1.807, 2.05) is 5.57 Å². The molecule has 0 aromatic heterocycles. The zero-order valence-corrected chi connectivity index (χ0v) is 26.3. The van der Waals surface area contributed by atoms with Gasteiger partial charge in [0.2, 0.25) is 0 Å². The minimum Gasteiger partial charge on any atom is -0.412 e. The maximum Gasteiger partial charge on any atom is 0.0363 e. The summed E-state index contributed by atoms with van der Waals surface area (Å²) in [5.41, 5.74) is 4.61. The second kappa shape index (κ2) is 10.5. The largest absolute Gasteiger partial charge is 0.412 e. The fourth-order valence-corrected chi connectivity index (χ4v) is 12.5. The zero-order chi connectivity index (χ0) is 26.9. The van der Waals surface area contributed by atoms with Gasteiger partial charge in [-0.15, -0.1) is 0 Å². The van der Waals surface area contributed by atoms with Crippen molar-refractivity contribution in [1.29, 1.82) is 0 Å². The Balaban J connectivity index is 0.00000185. The Bertz CT molecular complexity index is 1050. The maximum atomic E-state index is 11.8. The molecular formula is C34H58N2O2S. The molecule has 0 amide bonds. The van der Waals surface area contributed by atoms with E-state index < -0.39 is 10.8 Å². The first-order valence-corrected chi connectivity index (χ1v) is 17.3. The molecule has 0 aromatic carbocycles. The minimum atomic E-state index is -0.592. The van der Waals surface area contributed by atoms with Gasteiger partial charge in [-0.2, -0.15) is 0 Å². The van der Waals surface area contributed by atoms with Crippen molar-refractivity contribution in [2.75, 3.05) is 37.7 Å². The van der Waals surface area contributed by atoms with Crippen molar-refractivity contribution in [1.82, 2.24) is 10.2 Å². The molecule has 6 aliphatic rings. The number of hydrogen-bond acceptors (Lipinski definition) is 3. The molecule has 8 atom stereocenters. The summed E-state index contributed by atoms with van der Waals surface area (Å²) < 4.78 is 11.8. The van der Waals surface area contributed by atoms with E-state index in [4.69, 9.17) is 0 Å². The third-order valence-electron chi connectivity index (χ3n) is 13.0. The van der Waals surface area contributed by atoms with Crippen LogP contribution in [0.5, 0.6) is 0 Å². The number of nitrogens with zero attached hydrogens (tertiary/aromatic N) is 1. The lowest BCUT2D eigenvalue weighted by Gasteiger charge is -2.66. The normalized spacial score (nSPS) is 45.3. The van der Waals surface area contributed by atoms with Crippen molar-refractivity contribution in [3.05, 3.63) is 36.0 Å². The number of nitrogens with one attached hydrogen (secondary N) is 1. The van der Waals surface area contributed by atoms with E-state index >= 15 is 0 Å². The van der Waals surface area contributed by atoms with E-state index in [0.717, 1.165) is 49.5 Å². The monoisotopic (exact) mass is 558 g/mol. The van der Waals surface area contributed by atoms with Crippen LogP contribution in [-0.2, 0) is 10.8 Å². The molecule has 1 aliphatic heterocycles. The van der Waals surface area contributed by atoms with Crippen molar-refractivity contribution < 1.29 is 11.1 Å². The SMILES string of the molecule is C=C(C)[C@@H]1CC[C@]2(NCCN3CCS(=O)CC3)CC=C3[C@H](CC[C@@H]4[C@@]5(C)CC=CC(C)(C)[C@@H]5CC[C@@]34C)[C@@H]12.O.[HH]. The molecule has 0 bridgehead atoms. The summed E-state index contributed by atoms with van der Waals surface area (Å²) in [6.07, 6.45) is 18.4. The van der Waals surface area contributed by atoms with Crippen LogP contribution in [0.2, 0.25) is 0 Å². The first-order chi connectivity index (χ1) is 18.0. The average Bonchev–Trinajstić information content (AvgIpc) is 3.25. The second-order valence-corrected chi connectivity index (χ2v) is 17.0. The predicted octanol–water partition coefficient (Wildman–Crippen LogP) is 6.17. The highest BCUT2D eigenvalue weighted by atomic mass is 32.2. The van der Waals surface area contributed by atoms with E-state index in [9.17, 15) is 4.21 Å². The van der Waals surface area contributed by atoms with Gasteiger partial charge >= 0.3 is 0 Å². The molecule has 0 spiro atoms. The highest BCUT2D eigenvalue weighted by Crippen LogP contribution is 2.70. The lowest BCUT2D eigenvalue weighted by Crippen LogP contribution is -2.61. The van der Waals surface area contributed by atoms with Crippen LogP contribution in [0.4, 0.5) is 0 Å². The van der Waals surface area contributed by atoms with Gasteiger partial charge in [0.1, 0.15) is 0 Å². The zero-order valence-electron chi connectivity index (χ0n) is 25.5. The molecule has 0 radical (unpaired) electrons. The van der Waals surface area contributed by atoms with Crippen molar-refractivity contribution in [2.45, 2.75) is 91.5 Å². The molecule has 0 unspecified atom stereocenters. The summed E-state index contributed by atoms with van der Waals surface area (Å²) in [5, 5.41) is 4.21. The highest BCUT2D eigenvalue weighted by molar-refractivity contribution is 7.85. The summed E-state index contributed by atoms with van der Waals surface area (Å²) in [4.78, 5) is 2.53. The fraction of sp³-hybridized carbons (Fsp3) is 0.824. The van der Waals surface area contributed by atoms with E-state index in [1.165, 1.54) is 56.9 Å². The maximum absolute atomic E-state index is 11.8. The van der Waals surface area contributed by atoms with Gasteiger partial charge < -0.3 is 15.7 Å². The third-order valence-corrected chi connectivity index (χ3v) is 14.3. The van der Waals surface area contributed by atoms with Gasteiger partial charge in [0.25, 0.3) is 0 Å². The Morgan fingerprint density at radius 2 is 1.82 bits per heavy atom. The molecule has 4 fully saturated rings. The van der Waals surface area contributed by atoms with Crippen LogP contribution in [0, 0.1) is 45.8 Å². The summed E-state index contributed by atoms with van der Waals surface area (Å²) in [6.45, 7) is 21.4. The average molecular weight is 559 g/mol. The predicted molar refractivity (Wildman–Crippen MR) is 167 cm³/mol. The van der Waals surface area contributed by atoms with Gasteiger partial charge in [0.15, 0.2) is 0 Å². The van der Waals surface area contributed by atoms with Crippen molar-refractivity contribution in [2.24, 2.45) is 45.8 Å². The van der Waals surface area contributed by atoms with Gasteiger partial charge in [-0.3, -0.25) is 4.21 Å². The molecular weight excluding hydrogens is 500 g/mol. The smallest absolute Gasteiger partial charge is 0.0363 e. The van der Waals surface area contributed by atoms with Crippen molar-refractivity contribution in [3.63, 3.8) is 0 Å². The summed E-state index contributed by atoms with van der Waals surface area (Å²) in [7, 11) is -0.592. The van der Waals surface area contributed by atoms with Crippen molar-refractivity contribution >= 4 is 10.8 Å². The number of hydrogen-bond donors (Lipinski definition) is 1. The third kappa shape index (κ3) is 4.70. The van der Waals surface area contributed by atoms with Crippen LogP contribution >= 0.6 is 0 Å².